The van der Waals surface area contributed by atoms with Crippen LogP contribution in [0, 0.1) is 11.8 Å². The van der Waals surface area contributed by atoms with Crippen molar-refractivity contribution >= 4 is 6.09 Å². The Labute approximate surface area is 85.0 Å². The number of hydrogen-bond acceptors (Lipinski definition) is 2. The third-order valence-corrected chi connectivity index (χ3v) is 1.91. The second-order valence-electron chi connectivity index (χ2n) is 3.56. The molecule has 1 fully saturated rings. The first-order chi connectivity index (χ1) is 6.81. The number of rotatable bonds is 2. The van der Waals surface area contributed by atoms with Gasteiger partial charge in [-0.15, -0.1) is 0 Å². The molecule has 1 aliphatic rings. The highest BCUT2D eigenvalue weighted by atomic mass is 19.4. The smallest absolute Gasteiger partial charge is 0.436 e. The Kier molecular flexibility index (Phi) is 3.12. The Hall–Kier alpha value is -1.38. The number of carbonyl (C=O) groups is 1. The zero-order valence-electron chi connectivity index (χ0n) is 8.07. The van der Waals surface area contributed by atoms with Crippen LogP contribution >= 0.6 is 0 Å². The first-order valence-electron chi connectivity index (χ1n) is 4.32. The molecule has 0 aromatic rings. The third kappa shape index (κ3) is 5.15. The van der Waals surface area contributed by atoms with Crippen molar-refractivity contribution in [2.75, 3.05) is 6.61 Å². The number of alkyl carbamates (subject to hydrolysis) is 1. The van der Waals surface area contributed by atoms with Gasteiger partial charge >= 0.3 is 12.3 Å². The average Bonchev–Trinajstić information content (AvgIpc) is 2.75. The second kappa shape index (κ2) is 4.01. The fourth-order valence-corrected chi connectivity index (χ4v) is 0.833. The molecule has 1 aliphatic carbocycles. The largest absolute Gasteiger partial charge is 0.457 e. The van der Waals surface area contributed by atoms with Gasteiger partial charge in [-0.2, -0.15) is 13.2 Å². The number of halogens is 3. The summed E-state index contributed by atoms with van der Waals surface area (Å²) in [5, 5.41) is 2.52. The summed E-state index contributed by atoms with van der Waals surface area (Å²) in [4.78, 5) is 10.9. The summed E-state index contributed by atoms with van der Waals surface area (Å²) in [7, 11) is 0. The lowest BCUT2D eigenvalue weighted by atomic mass is 10.3. The lowest BCUT2D eigenvalue weighted by molar-refractivity contribution is -0.0698. The highest BCUT2D eigenvalue weighted by Crippen LogP contribution is 2.34. The van der Waals surface area contributed by atoms with Gasteiger partial charge in [-0.1, -0.05) is 5.92 Å². The fraction of sp³-hybridized carbons (Fsp3) is 0.667. The number of ether oxygens (including phenoxy) is 1. The van der Waals surface area contributed by atoms with E-state index < -0.39 is 18.9 Å². The maximum Gasteiger partial charge on any atom is 0.457 e. The van der Waals surface area contributed by atoms with Crippen molar-refractivity contribution in [3.63, 3.8) is 0 Å². The molecule has 6 heteroatoms. The maximum atomic E-state index is 11.5. The van der Waals surface area contributed by atoms with Crippen LogP contribution in [-0.2, 0) is 4.74 Å². The third-order valence-electron chi connectivity index (χ3n) is 1.91. The molecule has 0 aliphatic heterocycles. The van der Waals surface area contributed by atoms with Crippen molar-refractivity contribution < 1.29 is 22.7 Å². The van der Waals surface area contributed by atoms with Gasteiger partial charge in [-0.3, -0.25) is 0 Å². The van der Waals surface area contributed by atoms with E-state index in [1.807, 2.05) is 6.92 Å². The molecule has 0 radical (unpaired) electrons. The molecule has 0 heterocycles. The minimum absolute atomic E-state index is 0.242. The minimum atomic E-state index is -4.54. The van der Waals surface area contributed by atoms with E-state index in [0.717, 1.165) is 18.8 Å². The standard InChI is InChI=1S/C9H10F3NO2/c1-8(4-5-8)13-7(14)15-6-2-3-9(10,11)12/h4-6H2,1H3,(H,13,14). The molecular formula is C9H10F3NO2. The van der Waals surface area contributed by atoms with E-state index >= 15 is 0 Å². The minimum Gasteiger partial charge on any atom is -0.436 e. The van der Waals surface area contributed by atoms with E-state index in [1.165, 1.54) is 0 Å². The van der Waals surface area contributed by atoms with Gasteiger partial charge in [0.2, 0.25) is 0 Å². The van der Waals surface area contributed by atoms with Crippen molar-refractivity contribution in [3.05, 3.63) is 0 Å². The van der Waals surface area contributed by atoms with Crippen LogP contribution in [0.25, 0.3) is 0 Å². The summed E-state index contributed by atoms with van der Waals surface area (Å²) in [6.07, 6.45) is -3.55. The summed E-state index contributed by atoms with van der Waals surface area (Å²) in [6.45, 7) is 1.27. The van der Waals surface area contributed by atoms with Gasteiger partial charge in [-0.05, 0) is 19.8 Å². The van der Waals surface area contributed by atoms with E-state index in [2.05, 4.69) is 10.1 Å². The van der Waals surface area contributed by atoms with Gasteiger partial charge in [0.25, 0.3) is 0 Å². The fourth-order valence-electron chi connectivity index (χ4n) is 0.833. The van der Waals surface area contributed by atoms with Crippen LogP contribution < -0.4 is 5.32 Å². The van der Waals surface area contributed by atoms with Crippen LogP contribution in [-0.4, -0.2) is 24.4 Å². The molecule has 0 saturated heterocycles. The summed E-state index contributed by atoms with van der Waals surface area (Å²) >= 11 is 0. The molecular weight excluding hydrogens is 211 g/mol. The topological polar surface area (TPSA) is 38.3 Å². The number of carbonyl (C=O) groups excluding carboxylic acids is 1. The van der Waals surface area contributed by atoms with E-state index in [1.54, 1.807) is 5.92 Å². The zero-order valence-corrected chi connectivity index (χ0v) is 8.07. The van der Waals surface area contributed by atoms with E-state index in [-0.39, 0.29) is 5.54 Å². The van der Waals surface area contributed by atoms with Crippen LogP contribution in [0.2, 0.25) is 0 Å². The first kappa shape index (κ1) is 11.7. The number of hydrogen-bond donors (Lipinski definition) is 1. The molecule has 0 aromatic heterocycles. The molecule has 0 bridgehead atoms. The second-order valence-corrected chi connectivity index (χ2v) is 3.56. The van der Waals surface area contributed by atoms with E-state index in [4.69, 9.17) is 0 Å². The quantitative estimate of drug-likeness (QED) is 0.722. The molecule has 0 spiro atoms. The average molecular weight is 221 g/mol. The lowest BCUT2D eigenvalue weighted by Crippen LogP contribution is -2.34. The predicted octanol–water partition coefficient (Wildman–Crippen LogP) is 1.83. The first-order valence-corrected chi connectivity index (χ1v) is 4.32. The highest BCUT2D eigenvalue weighted by molar-refractivity contribution is 5.69. The molecule has 15 heavy (non-hydrogen) atoms. The molecule has 84 valence electrons. The van der Waals surface area contributed by atoms with Gasteiger partial charge in [0.1, 0.15) is 0 Å². The van der Waals surface area contributed by atoms with Crippen LogP contribution in [0.1, 0.15) is 19.8 Å². The monoisotopic (exact) mass is 221 g/mol. The van der Waals surface area contributed by atoms with Gasteiger partial charge in [0.05, 0.1) is 0 Å². The van der Waals surface area contributed by atoms with Crippen molar-refractivity contribution in [3.8, 4) is 11.8 Å². The molecule has 1 rings (SSSR count). The summed E-state index contributed by atoms with van der Waals surface area (Å²) in [6, 6.07) is 0. The van der Waals surface area contributed by atoms with Crippen LogP contribution in [0.4, 0.5) is 18.0 Å². The molecule has 0 atom stereocenters. The predicted molar refractivity (Wildman–Crippen MR) is 46.0 cm³/mol. The molecule has 3 nitrogen and oxygen atoms in total. The van der Waals surface area contributed by atoms with Crippen LogP contribution in [0.15, 0.2) is 0 Å². The molecule has 1 saturated carbocycles. The maximum absolute atomic E-state index is 11.5. The molecule has 1 N–H and O–H groups in total. The number of nitrogens with one attached hydrogen (secondary N) is 1. The molecule has 0 unspecified atom stereocenters. The van der Waals surface area contributed by atoms with Crippen molar-refractivity contribution in [2.24, 2.45) is 0 Å². The van der Waals surface area contributed by atoms with E-state index in [0.29, 0.717) is 0 Å². The van der Waals surface area contributed by atoms with Gasteiger partial charge in [0, 0.05) is 11.5 Å². The number of amides is 1. The van der Waals surface area contributed by atoms with E-state index in [9.17, 15) is 18.0 Å². The summed E-state index contributed by atoms with van der Waals surface area (Å²) in [5.41, 5.74) is -0.242. The summed E-state index contributed by atoms with van der Waals surface area (Å²) in [5.74, 6) is 2.71. The molecule has 1 amide bonds. The van der Waals surface area contributed by atoms with Gasteiger partial charge in [0.15, 0.2) is 6.61 Å². The van der Waals surface area contributed by atoms with Crippen LogP contribution in [0.3, 0.4) is 0 Å². The van der Waals surface area contributed by atoms with Gasteiger partial charge in [-0.25, -0.2) is 4.79 Å². The lowest BCUT2D eigenvalue weighted by Gasteiger charge is -2.09. The Bertz CT molecular complexity index is 310. The normalized spacial score (nSPS) is 17.3. The Morgan fingerprint density at radius 1 is 1.53 bits per heavy atom. The molecule has 0 aromatic carbocycles. The summed E-state index contributed by atoms with van der Waals surface area (Å²) < 4.78 is 39.0. The van der Waals surface area contributed by atoms with Crippen molar-refractivity contribution in [1.29, 1.82) is 0 Å². The zero-order chi connectivity index (χ0) is 11.5. The number of alkyl halides is 3. The Balaban J connectivity index is 2.19. The van der Waals surface area contributed by atoms with Crippen molar-refractivity contribution in [1.82, 2.24) is 5.32 Å². The Morgan fingerprint density at radius 3 is 2.60 bits per heavy atom. The van der Waals surface area contributed by atoms with Gasteiger partial charge < -0.3 is 10.1 Å². The SMILES string of the molecule is CC1(NC(=O)OCC#CC(F)(F)F)CC1. The highest BCUT2D eigenvalue weighted by Gasteiger charge is 2.39. The Morgan fingerprint density at radius 2 is 2.13 bits per heavy atom. The van der Waals surface area contributed by atoms with Crippen molar-refractivity contribution in [2.45, 2.75) is 31.5 Å². The van der Waals surface area contributed by atoms with Crippen LogP contribution in [0.5, 0.6) is 0 Å².